The van der Waals surface area contributed by atoms with E-state index >= 15 is 0 Å². The van der Waals surface area contributed by atoms with Crippen LogP contribution in [0, 0.1) is 0 Å². The molecule has 0 spiro atoms. The van der Waals surface area contributed by atoms with Crippen LogP contribution in [0.2, 0.25) is 0 Å². The normalized spacial score (nSPS) is 10.4. The van der Waals surface area contributed by atoms with Gasteiger partial charge in [0.15, 0.2) is 0 Å². The van der Waals surface area contributed by atoms with E-state index in [0.29, 0.717) is 45.9 Å². The number of nitrogens with two attached hydrogens (primary N) is 1. The van der Waals surface area contributed by atoms with Crippen molar-refractivity contribution in [1.29, 1.82) is 0 Å². The molecule has 0 unspecified atom stereocenters. The molecule has 0 aromatic heterocycles. The van der Waals surface area contributed by atoms with Crippen LogP contribution in [0.15, 0.2) is 0 Å². The van der Waals surface area contributed by atoms with Crippen molar-refractivity contribution in [2.24, 2.45) is 5.73 Å². The van der Waals surface area contributed by atoms with Crippen molar-refractivity contribution < 1.29 is 28.6 Å². The van der Waals surface area contributed by atoms with Gasteiger partial charge in [-0.2, -0.15) is 0 Å². The molecule has 0 aromatic rings. The molecule has 0 heterocycles. The zero-order chi connectivity index (χ0) is 18.8. The standard InChI is InChI=1S/C15H30N4O6/c1-17-4-2-14(21)18-6-9-25-12-15(22)19-5-8-24-11-10-23-7-3-13(16)20/h17H,2-12H2,1H3,(H2,16,20)(H,18,21)(H,19,22). The van der Waals surface area contributed by atoms with E-state index in [2.05, 4.69) is 16.0 Å². The summed E-state index contributed by atoms with van der Waals surface area (Å²) in [5, 5.41) is 8.21. The molecule has 0 aliphatic rings. The SMILES string of the molecule is CNCCC(=O)NCCOCC(=O)NCCOCCOCCC(N)=O. The molecule has 0 radical (unpaired) electrons. The Morgan fingerprint density at radius 2 is 1.36 bits per heavy atom. The summed E-state index contributed by atoms with van der Waals surface area (Å²) in [5.74, 6) is -0.706. The lowest BCUT2D eigenvalue weighted by Crippen LogP contribution is -2.33. The van der Waals surface area contributed by atoms with Gasteiger partial charge in [-0.15, -0.1) is 0 Å². The minimum absolute atomic E-state index is 0.0573. The summed E-state index contributed by atoms with van der Waals surface area (Å²) in [6.45, 7) is 2.94. The Balaban J connectivity index is 3.28. The van der Waals surface area contributed by atoms with Gasteiger partial charge in [0, 0.05) is 32.5 Å². The molecule has 0 saturated heterocycles. The smallest absolute Gasteiger partial charge is 0.246 e. The molecular weight excluding hydrogens is 332 g/mol. The summed E-state index contributed by atoms with van der Waals surface area (Å²) in [7, 11) is 1.78. The van der Waals surface area contributed by atoms with Crippen LogP contribution in [0.3, 0.4) is 0 Å². The number of amides is 3. The Morgan fingerprint density at radius 1 is 0.760 bits per heavy atom. The lowest BCUT2D eigenvalue weighted by atomic mass is 10.4. The molecule has 0 aliphatic carbocycles. The Hall–Kier alpha value is -1.75. The third kappa shape index (κ3) is 18.4. The van der Waals surface area contributed by atoms with Crippen LogP contribution >= 0.6 is 0 Å². The first-order valence-electron chi connectivity index (χ1n) is 8.25. The predicted octanol–water partition coefficient (Wildman–Crippen LogP) is -2.25. The van der Waals surface area contributed by atoms with Crippen LogP contribution in [-0.2, 0) is 28.6 Å². The minimum Gasteiger partial charge on any atom is -0.379 e. The van der Waals surface area contributed by atoms with Gasteiger partial charge in [0.2, 0.25) is 17.7 Å². The molecule has 0 aliphatic heterocycles. The maximum Gasteiger partial charge on any atom is 0.246 e. The lowest BCUT2D eigenvalue weighted by molar-refractivity contribution is -0.126. The highest BCUT2D eigenvalue weighted by Crippen LogP contribution is 1.83. The van der Waals surface area contributed by atoms with Gasteiger partial charge in [0.1, 0.15) is 6.61 Å². The third-order valence-corrected chi connectivity index (χ3v) is 2.84. The fraction of sp³-hybridized carbons (Fsp3) is 0.800. The zero-order valence-corrected chi connectivity index (χ0v) is 14.8. The first-order chi connectivity index (χ1) is 12.1. The Labute approximate surface area is 148 Å². The molecule has 10 heteroatoms. The largest absolute Gasteiger partial charge is 0.379 e. The quantitative estimate of drug-likeness (QED) is 0.214. The fourth-order valence-electron chi connectivity index (χ4n) is 1.56. The van der Waals surface area contributed by atoms with E-state index in [-0.39, 0.29) is 38.1 Å². The highest BCUT2D eigenvalue weighted by atomic mass is 16.5. The van der Waals surface area contributed by atoms with Gasteiger partial charge in [-0.25, -0.2) is 0 Å². The summed E-state index contributed by atoms with van der Waals surface area (Å²) in [4.78, 5) is 33.2. The van der Waals surface area contributed by atoms with Crippen LogP contribution in [0.25, 0.3) is 0 Å². The molecule has 0 atom stereocenters. The van der Waals surface area contributed by atoms with Crippen LogP contribution in [0.5, 0.6) is 0 Å². The average Bonchev–Trinajstić information content (AvgIpc) is 2.57. The van der Waals surface area contributed by atoms with Gasteiger partial charge < -0.3 is 35.9 Å². The number of carbonyl (C=O) groups is 3. The van der Waals surface area contributed by atoms with E-state index in [4.69, 9.17) is 19.9 Å². The van der Waals surface area contributed by atoms with Crippen LogP contribution < -0.4 is 21.7 Å². The van der Waals surface area contributed by atoms with E-state index in [1.165, 1.54) is 0 Å². The van der Waals surface area contributed by atoms with Crippen molar-refractivity contribution in [1.82, 2.24) is 16.0 Å². The molecule has 0 aromatic carbocycles. The number of nitrogens with one attached hydrogen (secondary N) is 3. The van der Waals surface area contributed by atoms with Gasteiger partial charge >= 0.3 is 0 Å². The number of carbonyl (C=O) groups excluding carboxylic acids is 3. The second kappa shape index (κ2) is 17.1. The van der Waals surface area contributed by atoms with Crippen molar-refractivity contribution in [2.45, 2.75) is 12.8 Å². The van der Waals surface area contributed by atoms with Gasteiger partial charge in [0.25, 0.3) is 0 Å². The maximum atomic E-state index is 11.5. The molecule has 0 fully saturated rings. The van der Waals surface area contributed by atoms with E-state index < -0.39 is 5.91 Å². The highest BCUT2D eigenvalue weighted by Gasteiger charge is 2.02. The number of ether oxygens (including phenoxy) is 3. The molecule has 0 bridgehead atoms. The second-order valence-corrected chi connectivity index (χ2v) is 5.05. The molecule has 10 nitrogen and oxygen atoms in total. The van der Waals surface area contributed by atoms with E-state index in [0.717, 1.165) is 0 Å². The van der Waals surface area contributed by atoms with E-state index in [1.807, 2.05) is 0 Å². The highest BCUT2D eigenvalue weighted by molar-refractivity contribution is 5.77. The second-order valence-electron chi connectivity index (χ2n) is 5.05. The van der Waals surface area contributed by atoms with Gasteiger partial charge in [-0.05, 0) is 7.05 Å². The van der Waals surface area contributed by atoms with Gasteiger partial charge in [0.05, 0.1) is 33.0 Å². The van der Waals surface area contributed by atoms with Crippen molar-refractivity contribution in [3.8, 4) is 0 Å². The van der Waals surface area contributed by atoms with Crippen LogP contribution in [0.1, 0.15) is 12.8 Å². The van der Waals surface area contributed by atoms with Crippen LogP contribution in [0.4, 0.5) is 0 Å². The molecule has 3 amide bonds. The third-order valence-electron chi connectivity index (χ3n) is 2.84. The van der Waals surface area contributed by atoms with E-state index in [1.54, 1.807) is 7.05 Å². The molecule has 0 saturated carbocycles. The number of hydrogen-bond acceptors (Lipinski definition) is 7. The fourth-order valence-corrected chi connectivity index (χ4v) is 1.56. The lowest BCUT2D eigenvalue weighted by Gasteiger charge is -2.08. The minimum atomic E-state index is -0.401. The number of primary amides is 1. The molecule has 25 heavy (non-hydrogen) atoms. The topological polar surface area (TPSA) is 141 Å². The zero-order valence-electron chi connectivity index (χ0n) is 14.8. The predicted molar refractivity (Wildman–Crippen MR) is 90.8 cm³/mol. The molecule has 5 N–H and O–H groups in total. The summed E-state index contributed by atoms with van der Waals surface area (Å²) in [6.07, 6.45) is 0.600. The van der Waals surface area contributed by atoms with Crippen molar-refractivity contribution in [3.63, 3.8) is 0 Å². The Morgan fingerprint density at radius 3 is 2.00 bits per heavy atom. The van der Waals surface area contributed by atoms with Crippen LogP contribution in [-0.4, -0.2) is 84.0 Å². The van der Waals surface area contributed by atoms with Crippen molar-refractivity contribution in [2.75, 3.05) is 66.3 Å². The average molecular weight is 362 g/mol. The molecule has 146 valence electrons. The number of hydrogen-bond donors (Lipinski definition) is 4. The summed E-state index contributed by atoms with van der Waals surface area (Å²) in [5.41, 5.74) is 4.96. The van der Waals surface area contributed by atoms with Crippen molar-refractivity contribution in [3.05, 3.63) is 0 Å². The van der Waals surface area contributed by atoms with Gasteiger partial charge in [-0.1, -0.05) is 0 Å². The maximum absolute atomic E-state index is 11.5. The first-order valence-corrected chi connectivity index (χ1v) is 8.25. The Bertz CT molecular complexity index is 381. The Kier molecular flexibility index (Phi) is 15.9. The summed E-state index contributed by atoms with van der Waals surface area (Å²) in [6, 6.07) is 0. The molecule has 0 rings (SSSR count). The number of rotatable bonds is 17. The van der Waals surface area contributed by atoms with Gasteiger partial charge in [-0.3, -0.25) is 14.4 Å². The van der Waals surface area contributed by atoms with Crippen molar-refractivity contribution >= 4 is 17.7 Å². The van der Waals surface area contributed by atoms with E-state index in [9.17, 15) is 14.4 Å². The summed E-state index contributed by atoms with van der Waals surface area (Å²) >= 11 is 0. The first kappa shape index (κ1) is 23.2. The monoisotopic (exact) mass is 362 g/mol. The molecular formula is C15H30N4O6. The summed E-state index contributed by atoms with van der Waals surface area (Å²) < 4.78 is 15.5.